The summed E-state index contributed by atoms with van der Waals surface area (Å²) in [6, 6.07) is 0. The molecule has 1 heterocycles. The number of hydrogen-bond donors (Lipinski definition) is 2. The summed E-state index contributed by atoms with van der Waals surface area (Å²) >= 11 is 1.46. The van der Waals surface area contributed by atoms with Crippen molar-refractivity contribution in [3.63, 3.8) is 0 Å². The molecule has 0 saturated heterocycles. The highest BCUT2D eigenvalue weighted by atomic mass is 32.1. The van der Waals surface area contributed by atoms with E-state index in [1.165, 1.54) is 11.3 Å². The van der Waals surface area contributed by atoms with E-state index in [-0.39, 0.29) is 12.5 Å². The number of nitrogens with one attached hydrogen (secondary N) is 1. The topological polar surface area (TPSA) is 62.2 Å². The summed E-state index contributed by atoms with van der Waals surface area (Å²) in [4.78, 5) is 15.5. The van der Waals surface area contributed by atoms with Crippen molar-refractivity contribution in [1.82, 2.24) is 10.3 Å². The number of carbonyl (C=O) groups is 1. The summed E-state index contributed by atoms with van der Waals surface area (Å²) < 4.78 is 0. The second-order valence-electron chi connectivity index (χ2n) is 2.94. The summed E-state index contributed by atoms with van der Waals surface area (Å²) in [5.41, 5.74) is 0.483. The van der Waals surface area contributed by atoms with Crippen LogP contribution in [0.4, 0.5) is 0 Å². The molecule has 0 spiro atoms. The molecule has 78 valence electrons. The summed E-state index contributed by atoms with van der Waals surface area (Å²) in [6.07, 6.45) is 1.52. The standard InChI is InChI=1S/C9H14N2O2S/c1-7-11-8(6-14-7)9(13)10-4-2-3-5-12/h6,12H,2-5H2,1H3,(H,10,13). The lowest BCUT2D eigenvalue weighted by Gasteiger charge is -2.01. The summed E-state index contributed by atoms with van der Waals surface area (Å²) in [5.74, 6) is -0.132. The van der Waals surface area contributed by atoms with E-state index >= 15 is 0 Å². The molecule has 14 heavy (non-hydrogen) atoms. The molecule has 0 aliphatic heterocycles. The van der Waals surface area contributed by atoms with E-state index in [2.05, 4.69) is 10.3 Å². The largest absolute Gasteiger partial charge is 0.396 e. The third-order valence-electron chi connectivity index (χ3n) is 1.72. The van der Waals surface area contributed by atoms with E-state index in [1.807, 2.05) is 6.92 Å². The van der Waals surface area contributed by atoms with Crippen LogP contribution in [0.5, 0.6) is 0 Å². The number of unbranched alkanes of at least 4 members (excludes halogenated alkanes) is 1. The molecule has 0 fully saturated rings. The lowest BCUT2D eigenvalue weighted by atomic mass is 10.3. The predicted molar refractivity (Wildman–Crippen MR) is 55.5 cm³/mol. The first-order valence-electron chi connectivity index (χ1n) is 4.55. The molecule has 1 aromatic heterocycles. The molecular formula is C9H14N2O2S. The van der Waals surface area contributed by atoms with Gasteiger partial charge in [0.1, 0.15) is 5.69 Å². The van der Waals surface area contributed by atoms with Gasteiger partial charge in [-0.2, -0.15) is 0 Å². The van der Waals surface area contributed by atoms with Gasteiger partial charge in [-0.25, -0.2) is 4.98 Å². The number of carbonyl (C=O) groups excluding carboxylic acids is 1. The van der Waals surface area contributed by atoms with Crippen LogP contribution < -0.4 is 5.32 Å². The van der Waals surface area contributed by atoms with Crippen molar-refractivity contribution in [2.75, 3.05) is 13.2 Å². The van der Waals surface area contributed by atoms with Crippen molar-refractivity contribution in [2.45, 2.75) is 19.8 Å². The van der Waals surface area contributed by atoms with Crippen molar-refractivity contribution in [2.24, 2.45) is 0 Å². The number of nitrogens with zero attached hydrogens (tertiary/aromatic N) is 1. The van der Waals surface area contributed by atoms with Gasteiger partial charge in [0, 0.05) is 18.5 Å². The van der Waals surface area contributed by atoms with Gasteiger partial charge in [0.2, 0.25) is 0 Å². The Morgan fingerprint density at radius 2 is 2.43 bits per heavy atom. The summed E-state index contributed by atoms with van der Waals surface area (Å²) in [7, 11) is 0. The Bertz CT molecular complexity index is 299. The highest BCUT2D eigenvalue weighted by molar-refractivity contribution is 7.09. The SMILES string of the molecule is Cc1nc(C(=O)NCCCCO)cs1. The van der Waals surface area contributed by atoms with Crippen LogP contribution in [0.25, 0.3) is 0 Å². The van der Waals surface area contributed by atoms with E-state index in [9.17, 15) is 4.79 Å². The molecule has 0 atom stereocenters. The van der Waals surface area contributed by atoms with Gasteiger partial charge in [-0.15, -0.1) is 11.3 Å². The Balaban J connectivity index is 2.29. The van der Waals surface area contributed by atoms with Crippen LogP contribution in [0.15, 0.2) is 5.38 Å². The van der Waals surface area contributed by atoms with Gasteiger partial charge in [0.15, 0.2) is 0 Å². The van der Waals surface area contributed by atoms with Crippen LogP contribution in [-0.2, 0) is 0 Å². The lowest BCUT2D eigenvalue weighted by Crippen LogP contribution is -2.24. The Kier molecular flexibility index (Phi) is 4.55. The number of hydrogen-bond acceptors (Lipinski definition) is 4. The van der Waals surface area contributed by atoms with Crippen molar-refractivity contribution >= 4 is 17.2 Å². The zero-order valence-electron chi connectivity index (χ0n) is 8.12. The third kappa shape index (κ3) is 3.43. The number of aliphatic hydroxyl groups is 1. The zero-order chi connectivity index (χ0) is 10.4. The Morgan fingerprint density at radius 3 is 3.00 bits per heavy atom. The Labute approximate surface area is 87.0 Å². The average Bonchev–Trinajstić information content (AvgIpc) is 2.59. The van der Waals surface area contributed by atoms with E-state index < -0.39 is 0 Å². The van der Waals surface area contributed by atoms with Crippen LogP contribution in [0.3, 0.4) is 0 Å². The molecule has 1 aromatic rings. The zero-order valence-corrected chi connectivity index (χ0v) is 8.93. The second-order valence-corrected chi connectivity index (χ2v) is 4.00. The molecule has 1 amide bonds. The third-order valence-corrected chi connectivity index (χ3v) is 2.50. The molecule has 0 saturated carbocycles. The number of aliphatic hydroxyl groups excluding tert-OH is 1. The quantitative estimate of drug-likeness (QED) is 0.717. The number of aryl methyl sites for hydroxylation is 1. The van der Waals surface area contributed by atoms with Crippen molar-refractivity contribution in [3.8, 4) is 0 Å². The van der Waals surface area contributed by atoms with Crippen LogP contribution in [0.2, 0.25) is 0 Å². The monoisotopic (exact) mass is 214 g/mol. The smallest absolute Gasteiger partial charge is 0.270 e. The van der Waals surface area contributed by atoms with E-state index in [0.29, 0.717) is 12.2 Å². The normalized spacial score (nSPS) is 10.1. The maximum Gasteiger partial charge on any atom is 0.270 e. The molecule has 1 rings (SSSR count). The van der Waals surface area contributed by atoms with Gasteiger partial charge in [0.25, 0.3) is 5.91 Å². The van der Waals surface area contributed by atoms with Crippen LogP contribution in [-0.4, -0.2) is 29.1 Å². The lowest BCUT2D eigenvalue weighted by molar-refractivity contribution is 0.0947. The molecule has 0 unspecified atom stereocenters. The molecule has 0 aliphatic carbocycles. The number of amides is 1. The molecular weight excluding hydrogens is 200 g/mol. The molecule has 2 N–H and O–H groups in total. The van der Waals surface area contributed by atoms with Crippen LogP contribution in [0.1, 0.15) is 28.3 Å². The average molecular weight is 214 g/mol. The van der Waals surface area contributed by atoms with Crippen LogP contribution in [0, 0.1) is 6.92 Å². The fourth-order valence-electron chi connectivity index (χ4n) is 0.997. The minimum Gasteiger partial charge on any atom is -0.396 e. The maximum atomic E-state index is 11.4. The molecule has 4 nitrogen and oxygen atoms in total. The van der Waals surface area contributed by atoms with E-state index in [4.69, 9.17) is 5.11 Å². The van der Waals surface area contributed by atoms with Gasteiger partial charge >= 0.3 is 0 Å². The second kappa shape index (κ2) is 5.72. The molecule has 0 aliphatic rings. The number of rotatable bonds is 5. The van der Waals surface area contributed by atoms with Gasteiger partial charge in [-0.05, 0) is 19.8 Å². The molecule has 5 heteroatoms. The number of aromatic nitrogens is 1. The summed E-state index contributed by atoms with van der Waals surface area (Å²) in [6.45, 7) is 2.63. The molecule has 0 radical (unpaired) electrons. The van der Waals surface area contributed by atoms with Gasteiger partial charge in [-0.1, -0.05) is 0 Å². The molecule has 0 bridgehead atoms. The first-order valence-corrected chi connectivity index (χ1v) is 5.43. The predicted octanol–water partition coefficient (Wildman–Crippen LogP) is 0.954. The minimum atomic E-state index is -0.132. The van der Waals surface area contributed by atoms with Crippen molar-refractivity contribution < 1.29 is 9.90 Å². The maximum absolute atomic E-state index is 11.4. The first-order chi connectivity index (χ1) is 6.74. The minimum absolute atomic E-state index is 0.132. The number of thiazole rings is 1. The fourth-order valence-corrected chi connectivity index (χ4v) is 1.59. The van der Waals surface area contributed by atoms with Crippen molar-refractivity contribution in [1.29, 1.82) is 0 Å². The highest BCUT2D eigenvalue weighted by Crippen LogP contribution is 2.07. The highest BCUT2D eigenvalue weighted by Gasteiger charge is 2.07. The fraction of sp³-hybridized carbons (Fsp3) is 0.556. The Morgan fingerprint density at radius 1 is 1.64 bits per heavy atom. The van der Waals surface area contributed by atoms with Gasteiger partial charge in [-0.3, -0.25) is 4.79 Å². The first kappa shape index (κ1) is 11.1. The summed E-state index contributed by atoms with van der Waals surface area (Å²) in [5, 5.41) is 13.9. The van der Waals surface area contributed by atoms with Crippen LogP contribution >= 0.6 is 11.3 Å². The molecule has 0 aromatic carbocycles. The Hall–Kier alpha value is -0.940. The van der Waals surface area contributed by atoms with Crippen molar-refractivity contribution in [3.05, 3.63) is 16.1 Å². The van der Waals surface area contributed by atoms with Gasteiger partial charge < -0.3 is 10.4 Å². The van der Waals surface area contributed by atoms with Gasteiger partial charge in [0.05, 0.1) is 5.01 Å². The van der Waals surface area contributed by atoms with E-state index in [0.717, 1.165) is 17.8 Å². The van der Waals surface area contributed by atoms with E-state index in [1.54, 1.807) is 5.38 Å².